The molecule has 0 saturated carbocycles. The van der Waals surface area contributed by atoms with Crippen LogP contribution < -0.4 is 4.74 Å². The van der Waals surface area contributed by atoms with Crippen molar-refractivity contribution in [1.29, 1.82) is 0 Å². The van der Waals surface area contributed by atoms with Gasteiger partial charge in [0.15, 0.2) is 0 Å². The maximum atomic E-state index is 13.3. The summed E-state index contributed by atoms with van der Waals surface area (Å²) in [5, 5.41) is 4.29. The number of amides is 1. The highest BCUT2D eigenvalue weighted by Gasteiger charge is 2.31. The van der Waals surface area contributed by atoms with Crippen molar-refractivity contribution in [2.24, 2.45) is 0 Å². The first-order valence-electron chi connectivity index (χ1n) is 8.97. The summed E-state index contributed by atoms with van der Waals surface area (Å²) in [5.74, 6) is 1.17. The molecule has 1 aliphatic rings. The second-order valence-electron chi connectivity index (χ2n) is 6.28. The number of carbonyl (C=O) groups excluding carboxylic acids is 1. The van der Waals surface area contributed by atoms with Crippen LogP contribution in [0.3, 0.4) is 0 Å². The lowest BCUT2D eigenvalue weighted by atomic mass is 9.97. The van der Waals surface area contributed by atoms with Crippen molar-refractivity contribution in [1.82, 2.24) is 24.5 Å². The zero-order chi connectivity index (χ0) is 17.9. The average molecular weight is 351 g/mol. The Bertz CT molecular complexity index is 923. The lowest BCUT2D eigenvalue weighted by Gasteiger charge is -2.36. The van der Waals surface area contributed by atoms with E-state index < -0.39 is 0 Å². The highest BCUT2D eigenvalue weighted by molar-refractivity contribution is 5.97. The number of aromatic nitrogens is 4. The highest BCUT2D eigenvalue weighted by Crippen LogP contribution is 2.33. The van der Waals surface area contributed by atoms with Gasteiger partial charge in [-0.3, -0.25) is 4.79 Å². The second-order valence-corrected chi connectivity index (χ2v) is 6.28. The van der Waals surface area contributed by atoms with E-state index >= 15 is 0 Å². The maximum absolute atomic E-state index is 13.3. The molecule has 0 radical (unpaired) electrons. The molecular formula is C19H21N5O2. The number of fused-ring (bicyclic) bond motifs is 1. The molecule has 7 heteroatoms. The zero-order valence-electron chi connectivity index (χ0n) is 14.7. The summed E-state index contributed by atoms with van der Waals surface area (Å²) in [4.78, 5) is 23.7. The summed E-state index contributed by atoms with van der Waals surface area (Å²) in [6.07, 6.45) is 6.17. The molecule has 134 valence electrons. The van der Waals surface area contributed by atoms with E-state index in [1.165, 1.54) is 6.33 Å². The number of rotatable bonds is 4. The van der Waals surface area contributed by atoms with E-state index in [1.54, 1.807) is 10.7 Å². The first kappa shape index (κ1) is 16.5. The molecule has 3 aromatic rings. The van der Waals surface area contributed by atoms with Crippen molar-refractivity contribution in [3.05, 3.63) is 54.1 Å². The van der Waals surface area contributed by atoms with Crippen molar-refractivity contribution < 1.29 is 9.53 Å². The van der Waals surface area contributed by atoms with Gasteiger partial charge >= 0.3 is 0 Å². The zero-order valence-corrected chi connectivity index (χ0v) is 14.7. The van der Waals surface area contributed by atoms with E-state index in [2.05, 4.69) is 15.1 Å². The van der Waals surface area contributed by atoms with E-state index in [0.717, 1.165) is 25.0 Å². The minimum atomic E-state index is -0.0573. The first-order chi connectivity index (χ1) is 12.8. The number of benzene rings is 1. The van der Waals surface area contributed by atoms with Gasteiger partial charge in [0.05, 0.1) is 23.9 Å². The molecule has 0 N–H and O–H groups in total. The summed E-state index contributed by atoms with van der Waals surface area (Å²) in [7, 11) is 0. The first-order valence-corrected chi connectivity index (χ1v) is 8.97. The van der Waals surface area contributed by atoms with Crippen LogP contribution in [0.5, 0.6) is 5.75 Å². The Morgan fingerprint density at radius 1 is 1.23 bits per heavy atom. The van der Waals surface area contributed by atoms with Gasteiger partial charge in [-0.25, -0.2) is 4.98 Å². The third-order valence-corrected chi connectivity index (χ3v) is 4.73. The van der Waals surface area contributed by atoms with Crippen LogP contribution in [0.4, 0.5) is 0 Å². The fraction of sp³-hybridized carbons (Fsp3) is 0.368. The number of hydrogen-bond donors (Lipinski definition) is 0. The Morgan fingerprint density at radius 3 is 3.00 bits per heavy atom. The topological polar surface area (TPSA) is 72.6 Å². The number of para-hydroxylation sites is 1. The molecule has 0 bridgehead atoms. The van der Waals surface area contributed by atoms with E-state index in [4.69, 9.17) is 4.74 Å². The predicted molar refractivity (Wildman–Crippen MR) is 96.0 cm³/mol. The molecule has 1 aliphatic heterocycles. The molecular weight excluding hydrogens is 330 g/mol. The molecule has 1 unspecified atom stereocenters. The minimum Gasteiger partial charge on any atom is -0.493 e. The predicted octanol–water partition coefficient (Wildman–Crippen LogP) is 2.89. The van der Waals surface area contributed by atoms with Gasteiger partial charge in [0.1, 0.15) is 12.1 Å². The Kier molecular flexibility index (Phi) is 4.51. The fourth-order valence-corrected chi connectivity index (χ4v) is 3.57. The molecule has 1 atom stereocenters. The summed E-state index contributed by atoms with van der Waals surface area (Å²) in [6, 6.07) is 9.30. The van der Waals surface area contributed by atoms with E-state index in [9.17, 15) is 4.79 Å². The van der Waals surface area contributed by atoms with Crippen molar-refractivity contribution >= 4 is 11.7 Å². The van der Waals surface area contributed by atoms with Crippen LogP contribution in [0.2, 0.25) is 0 Å². The van der Waals surface area contributed by atoms with Crippen LogP contribution in [0.15, 0.2) is 42.9 Å². The summed E-state index contributed by atoms with van der Waals surface area (Å²) in [5.41, 5.74) is 1.54. The van der Waals surface area contributed by atoms with Crippen molar-refractivity contribution in [2.75, 3.05) is 13.2 Å². The molecule has 0 aliphatic carbocycles. The SMILES string of the molecule is CCOc1ccccc1C(=O)N1CCCCC1c1ccnc2ncnn12. The highest BCUT2D eigenvalue weighted by atomic mass is 16.5. The molecule has 0 spiro atoms. The molecule has 1 amide bonds. The van der Waals surface area contributed by atoms with Crippen molar-refractivity contribution in [3.63, 3.8) is 0 Å². The monoisotopic (exact) mass is 351 g/mol. The third kappa shape index (κ3) is 2.89. The normalized spacial score (nSPS) is 17.4. The lowest BCUT2D eigenvalue weighted by molar-refractivity contribution is 0.0599. The molecule has 4 rings (SSSR count). The molecule has 7 nitrogen and oxygen atoms in total. The Balaban J connectivity index is 1.72. The Hall–Kier alpha value is -2.96. The van der Waals surface area contributed by atoms with Gasteiger partial charge in [-0.1, -0.05) is 12.1 Å². The van der Waals surface area contributed by atoms with Crippen LogP contribution >= 0.6 is 0 Å². The smallest absolute Gasteiger partial charge is 0.258 e. The van der Waals surface area contributed by atoms with Crippen LogP contribution in [-0.2, 0) is 0 Å². The van der Waals surface area contributed by atoms with Crippen LogP contribution in [-0.4, -0.2) is 43.5 Å². The van der Waals surface area contributed by atoms with E-state index in [-0.39, 0.29) is 11.9 Å². The van der Waals surface area contributed by atoms with Gasteiger partial charge in [0, 0.05) is 12.7 Å². The number of hydrogen-bond acceptors (Lipinski definition) is 5. The second kappa shape index (κ2) is 7.11. The van der Waals surface area contributed by atoms with Gasteiger partial charge in [-0.2, -0.15) is 14.6 Å². The maximum Gasteiger partial charge on any atom is 0.258 e. The van der Waals surface area contributed by atoms with E-state index in [0.29, 0.717) is 30.2 Å². The van der Waals surface area contributed by atoms with Crippen LogP contribution in [0.1, 0.15) is 48.3 Å². The molecule has 2 aromatic heterocycles. The quantitative estimate of drug-likeness (QED) is 0.723. The number of carbonyl (C=O) groups is 1. The molecule has 1 fully saturated rings. The van der Waals surface area contributed by atoms with Crippen LogP contribution in [0, 0.1) is 0 Å². The molecule has 26 heavy (non-hydrogen) atoms. The lowest BCUT2D eigenvalue weighted by Crippen LogP contribution is -2.39. The van der Waals surface area contributed by atoms with Crippen LogP contribution in [0.25, 0.3) is 5.78 Å². The van der Waals surface area contributed by atoms with Gasteiger partial charge in [0.25, 0.3) is 11.7 Å². The largest absolute Gasteiger partial charge is 0.493 e. The summed E-state index contributed by atoms with van der Waals surface area (Å²) in [6.45, 7) is 3.16. The Morgan fingerprint density at radius 2 is 2.12 bits per heavy atom. The molecule has 1 aromatic carbocycles. The third-order valence-electron chi connectivity index (χ3n) is 4.73. The Labute approximate surface area is 151 Å². The fourth-order valence-electron chi connectivity index (χ4n) is 3.57. The van der Waals surface area contributed by atoms with Gasteiger partial charge in [-0.15, -0.1) is 0 Å². The minimum absolute atomic E-state index is 0.0103. The summed E-state index contributed by atoms with van der Waals surface area (Å²) < 4.78 is 7.39. The number of nitrogens with zero attached hydrogens (tertiary/aromatic N) is 5. The van der Waals surface area contributed by atoms with Crippen molar-refractivity contribution in [2.45, 2.75) is 32.2 Å². The van der Waals surface area contributed by atoms with Gasteiger partial charge < -0.3 is 9.64 Å². The molecule has 1 saturated heterocycles. The summed E-state index contributed by atoms with van der Waals surface area (Å²) >= 11 is 0. The van der Waals surface area contributed by atoms with E-state index in [1.807, 2.05) is 42.2 Å². The number of likely N-dealkylation sites (tertiary alicyclic amines) is 1. The average Bonchev–Trinajstić information content (AvgIpc) is 3.17. The standard InChI is InChI=1S/C19H21N5O2/c1-2-26-17-9-4-3-7-14(17)18(25)23-12-6-5-8-15(23)16-10-11-20-19-21-13-22-24(16)19/h3-4,7,9-11,13,15H,2,5-6,8,12H2,1H3. The van der Waals surface area contributed by atoms with Gasteiger partial charge in [0.2, 0.25) is 0 Å². The number of ether oxygens (including phenoxy) is 1. The number of piperidine rings is 1. The van der Waals surface area contributed by atoms with Crippen molar-refractivity contribution in [3.8, 4) is 5.75 Å². The molecule has 3 heterocycles. The van der Waals surface area contributed by atoms with Gasteiger partial charge in [-0.05, 0) is 44.4 Å².